The summed E-state index contributed by atoms with van der Waals surface area (Å²) in [4.78, 5) is 34.9. The maximum atomic E-state index is 12.7. The molecule has 23 heavy (non-hydrogen) atoms. The van der Waals surface area contributed by atoms with E-state index in [1.54, 1.807) is 35.1 Å². The van der Waals surface area contributed by atoms with Gasteiger partial charge < -0.3 is 14.0 Å². The number of nitrogens with zero attached hydrogens (tertiary/aromatic N) is 5. The van der Waals surface area contributed by atoms with Gasteiger partial charge in [0.05, 0.1) is 5.92 Å². The van der Waals surface area contributed by atoms with Gasteiger partial charge in [-0.15, -0.1) is 0 Å². The Morgan fingerprint density at radius 1 is 1.17 bits per heavy atom. The van der Waals surface area contributed by atoms with E-state index in [1.165, 1.54) is 0 Å². The summed E-state index contributed by atoms with van der Waals surface area (Å²) in [5.41, 5.74) is 0. The van der Waals surface area contributed by atoms with Crippen LogP contribution in [0, 0.1) is 5.92 Å². The highest BCUT2D eigenvalue weighted by atomic mass is 16.2. The van der Waals surface area contributed by atoms with E-state index in [9.17, 15) is 9.59 Å². The minimum Gasteiger partial charge on any atom is -0.336 e. The monoisotopic (exact) mass is 316 g/mol. The Balaban J connectivity index is 1.89. The largest absolute Gasteiger partial charge is 0.336 e. The third-order valence-electron chi connectivity index (χ3n) is 4.38. The molecule has 0 bridgehead atoms. The predicted octanol–water partition coefficient (Wildman–Crippen LogP) is 0.702. The molecule has 8 heteroatoms. The number of carbonyl (C=O) groups excluding carboxylic acids is 2. The van der Waals surface area contributed by atoms with Crippen molar-refractivity contribution in [2.24, 2.45) is 20.0 Å². The van der Waals surface area contributed by atoms with Crippen LogP contribution >= 0.6 is 0 Å². The van der Waals surface area contributed by atoms with E-state index >= 15 is 0 Å². The lowest BCUT2D eigenvalue weighted by atomic mass is 9.87. The van der Waals surface area contributed by atoms with Gasteiger partial charge >= 0.3 is 0 Å². The number of likely N-dealkylation sites (tertiary alicyclic amines) is 1. The Morgan fingerprint density at radius 3 is 2.48 bits per heavy atom. The second-order valence-electron chi connectivity index (χ2n) is 5.84. The highest BCUT2D eigenvalue weighted by molar-refractivity contribution is 5.93. The molecule has 0 unspecified atom stereocenters. The summed E-state index contributed by atoms with van der Waals surface area (Å²) in [5.74, 6) is 0.717. The van der Waals surface area contributed by atoms with E-state index in [2.05, 4.69) is 15.3 Å². The minimum atomic E-state index is -0.378. The van der Waals surface area contributed by atoms with E-state index in [1.807, 2.05) is 24.9 Å². The maximum absolute atomic E-state index is 12.7. The number of aromatic nitrogens is 4. The first-order valence-electron chi connectivity index (χ1n) is 7.50. The van der Waals surface area contributed by atoms with E-state index in [-0.39, 0.29) is 23.8 Å². The standard InChI is InChI=1S/C15H20N6O2/c1-19-8-6-16-13(19)12-10(4-5-11(22)21(12)3)14(23)18-15-17-7-9-20(15)2/h6-10,12H,4-5H2,1-3H3,(H,17,18,23)/t10-,12-/m0/s1. The fourth-order valence-corrected chi connectivity index (χ4v) is 3.02. The molecule has 2 aromatic heterocycles. The normalized spacial score (nSPS) is 21.5. The Labute approximate surface area is 134 Å². The second kappa shape index (κ2) is 5.86. The van der Waals surface area contributed by atoms with Gasteiger partial charge in [-0.3, -0.25) is 14.9 Å². The van der Waals surface area contributed by atoms with Gasteiger partial charge in [0.1, 0.15) is 11.9 Å². The fraction of sp³-hybridized carbons (Fsp3) is 0.467. The fourth-order valence-electron chi connectivity index (χ4n) is 3.02. The molecular formula is C15H20N6O2. The van der Waals surface area contributed by atoms with Crippen LogP contribution in [-0.4, -0.2) is 42.9 Å². The quantitative estimate of drug-likeness (QED) is 0.903. The predicted molar refractivity (Wildman–Crippen MR) is 83.3 cm³/mol. The molecule has 0 spiro atoms. The van der Waals surface area contributed by atoms with Gasteiger partial charge in [-0.1, -0.05) is 0 Å². The first kappa shape index (κ1) is 15.3. The molecule has 0 aromatic carbocycles. The van der Waals surface area contributed by atoms with Crippen molar-refractivity contribution in [2.75, 3.05) is 12.4 Å². The van der Waals surface area contributed by atoms with E-state index in [4.69, 9.17) is 0 Å². The molecule has 0 radical (unpaired) electrons. The number of hydrogen-bond donors (Lipinski definition) is 1. The molecule has 1 aliphatic rings. The third-order valence-corrected chi connectivity index (χ3v) is 4.38. The molecule has 2 atom stereocenters. The first-order valence-corrected chi connectivity index (χ1v) is 7.50. The van der Waals surface area contributed by atoms with Crippen molar-refractivity contribution in [3.63, 3.8) is 0 Å². The average molecular weight is 316 g/mol. The Kier molecular flexibility index (Phi) is 3.89. The van der Waals surface area contributed by atoms with Crippen LogP contribution in [0.5, 0.6) is 0 Å². The van der Waals surface area contributed by atoms with Gasteiger partial charge in [0.2, 0.25) is 17.8 Å². The van der Waals surface area contributed by atoms with Crippen LogP contribution in [0.1, 0.15) is 24.7 Å². The van der Waals surface area contributed by atoms with Crippen LogP contribution in [0.2, 0.25) is 0 Å². The Hall–Kier alpha value is -2.64. The van der Waals surface area contributed by atoms with Gasteiger partial charge in [-0.2, -0.15) is 0 Å². The minimum absolute atomic E-state index is 0.0269. The van der Waals surface area contributed by atoms with Crippen molar-refractivity contribution in [1.82, 2.24) is 24.0 Å². The third kappa shape index (κ3) is 2.71. The number of amides is 2. The Morgan fingerprint density at radius 2 is 1.87 bits per heavy atom. The van der Waals surface area contributed by atoms with E-state index in [0.717, 1.165) is 0 Å². The van der Waals surface area contributed by atoms with E-state index < -0.39 is 0 Å². The summed E-state index contributed by atoms with van der Waals surface area (Å²) in [7, 11) is 5.40. The lowest BCUT2D eigenvalue weighted by Crippen LogP contribution is -2.45. The van der Waals surface area contributed by atoms with Crippen molar-refractivity contribution in [1.29, 1.82) is 0 Å². The van der Waals surface area contributed by atoms with Crippen molar-refractivity contribution >= 4 is 17.8 Å². The van der Waals surface area contributed by atoms with Crippen molar-refractivity contribution in [3.8, 4) is 0 Å². The summed E-state index contributed by atoms with van der Waals surface area (Å²) in [6.07, 6.45) is 7.74. The van der Waals surface area contributed by atoms with Crippen molar-refractivity contribution < 1.29 is 9.59 Å². The van der Waals surface area contributed by atoms with Crippen LogP contribution in [0.25, 0.3) is 0 Å². The zero-order valence-electron chi connectivity index (χ0n) is 13.4. The summed E-state index contributed by atoms with van der Waals surface area (Å²) >= 11 is 0. The summed E-state index contributed by atoms with van der Waals surface area (Å²) in [6.45, 7) is 0. The molecule has 2 amide bonds. The second-order valence-corrected chi connectivity index (χ2v) is 5.84. The summed E-state index contributed by atoms with van der Waals surface area (Å²) in [5, 5.41) is 2.84. The molecule has 2 aromatic rings. The van der Waals surface area contributed by atoms with E-state index in [0.29, 0.717) is 24.6 Å². The maximum Gasteiger partial charge on any atom is 0.232 e. The molecule has 0 aliphatic carbocycles. The molecule has 8 nitrogen and oxygen atoms in total. The topological polar surface area (TPSA) is 85.1 Å². The summed E-state index contributed by atoms with van der Waals surface area (Å²) in [6, 6.07) is -0.378. The number of imidazole rings is 2. The molecule has 1 saturated heterocycles. The highest BCUT2D eigenvalue weighted by Gasteiger charge is 2.41. The number of nitrogens with one attached hydrogen (secondary N) is 1. The number of piperidine rings is 1. The zero-order chi connectivity index (χ0) is 16.6. The number of carbonyl (C=O) groups is 2. The van der Waals surface area contributed by atoms with Gasteiger partial charge in [0.15, 0.2) is 0 Å². The highest BCUT2D eigenvalue weighted by Crippen LogP contribution is 2.35. The van der Waals surface area contributed by atoms with Crippen molar-refractivity contribution in [3.05, 3.63) is 30.6 Å². The van der Waals surface area contributed by atoms with Gasteiger partial charge in [0, 0.05) is 52.4 Å². The van der Waals surface area contributed by atoms with Gasteiger partial charge in [-0.25, -0.2) is 9.97 Å². The molecule has 1 N–H and O–H groups in total. The SMILES string of the molecule is CN1C(=O)CC[C@H](C(=O)Nc2nccn2C)[C@H]1c1nccn1C. The van der Waals surface area contributed by atoms with Gasteiger partial charge in [-0.05, 0) is 6.42 Å². The van der Waals surface area contributed by atoms with Crippen LogP contribution in [0.3, 0.4) is 0 Å². The average Bonchev–Trinajstić information content (AvgIpc) is 3.11. The van der Waals surface area contributed by atoms with Crippen LogP contribution in [0.4, 0.5) is 5.95 Å². The number of rotatable bonds is 3. The van der Waals surface area contributed by atoms with Crippen LogP contribution in [0.15, 0.2) is 24.8 Å². The van der Waals surface area contributed by atoms with Crippen LogP contribution in [-0.2, 0) is 23.7 Å². The lowest BCUT2D eigenvalue weighted by Gasteiger charge is -2.37. The van der Waals surface area contributed by atoms with Crippen LogP contribution < -0.4 is 5.32 Å². The van der Waals surface area contributed by atoms with Gasteiger partial charge in [0.25, 0.3) is 0 Å². The first-order chi connectivity index (χ1) is 11.0. The smallest absolute Gasteiger partial charge is 0.232 e. The Bertz CT molecular complexity index is 734. The number of aryl methyl sites for hydroxylation is 2. The number of anilines is 1. The molecule has 3 heterocycles. The lowest BCUT2D eigenvalue weighted by molar-refractivity contribution is -0.140. The summed E-state index contributed by atoms with van der Waals surface area (Å²) < 4.78 is 3.59. The molecule has 0 saturated carbocycles. The molecule has 122 valence electrons. The molecular weight excluding hydrogens is 296 g/mol. The molecule has 1 aliphatic heterocycles. The molecule has 1 fully saturated rings. The number of hydrogen-bond acceptors (Lipinski definition) is 4. The van der Waals surface area contributed by atoms with Crippen molar-refractivity contribution in [2.45, 2.75) is 18.9 Å². The zero-order valence-corrected chi connectivity index (χ0v) is 13.4. The molecule has 3 rings (SSSR count).